The molecule has 434 valence electrons. The normalized spacial score (nSPS) is 13.2. The molecule has 0 N–H and O–H groups in total. The van der Waals surface area contributed by atoms with Gasteiger partial charge in [-0.25, -0.2) is 0 Å². The SMILES string of the molecule is CC/C=C\C/C=C\C/C=C\C/C=C\CCCCCCCCC(=O)OC(COC(=O)CCCCCCCCCCCCCCCCCCCCC/C=C\C/C=C\CCCCCCC)COC(OCC[N+](C)(C)C)C(=O)[O-]. The van der Waals surface area contributed by atoms with Gasteiger partial charge in [0, 0.05) is 12.8 Å². The Labute approximate surface area is 462 Å². The molecular weight excluding hydrogens is 935 g/mol. The number of hydrogen-bond donors (Lipinski definition) is 0. The average Bonchev–Trinajstić information content (AvgIpc) is 3.38. The lowest BCUT2D eigenvalue weighted by atomic mass is 10.0. The predicted molar refractivity (Wildman–Crippen MR) is 315 cm³/mol. The quantitative estimate of drug-likeness (QED) is 0.0195. The van der Waals surface area contributed by atoms with E-state index < -0.39 is 24.3 Å². The minimum absolute atomic E-state index is 0.143. The number of hydrogen-bond acceptors (Lipinski definition) is 8. The summed E-state index contributed by atoms with van der Waals surface area (Å²) in [6.07, 6.45) is 71.1. The Hall–Kier alpha value is -3.27. The molecule has 0 aliphatic carbocycles. The van der Waals surface area contributed by atoms with E-state index in [4.69, 9.17) is 18.9 Å². The number of carboxylic acid groups (broad SMARTS) is 1. The van der Waals surface area contributed by atoms with Crippen LogP contribution in [0.2, 0.25) is 0 Å². The van der Waals surface area contributed by atoms with Crippen LogP contribution in [0.3, 0.4) is 0 Å². The van der Waals surface area contributed by atoms with Gasteiger partial charge in [-0.3, -0.25) is 9.59 Å². The van der Waals surface area contributed by atoms with Gasteiger partial charge in [-0.05, 0) is 83.5 Å². The topological polar surface area (TPSA) is 111 Å². The van der Waals surface area contributed by atoms with Gasteiger partial charge in [0.2, 0.25) is 0 Å². The van der Waals surface area contributed by atoms with Crippen molar-refractivity contribution < 1.29 is 42.9 Å². The Morgan fingerprint density at radius 3 is 1.13 bits per heavy atom. The first-order valence-corrected chi connectivity index (χ1v) is 31.1. The number of allylic oxidation sites excluding steroid dienone is 12. The Morgan fingerprint density at radius 1 is 0.413 bits per heavy atom. The maximum absolute atomic E-state index is 12.9. The van der Waals surface area contributed by atoms with Crippen LogP contribution in [0.25, 0.3) is 0 Å². The number of ether oxygens (including phenoxy) is 4. The summed E-state index contributed by atoms with van der Waals surface area (Å²) in [5, 5.41) is 11.8. The van der Waals surface area contributed by atoms with Crippen molar-refractivity contribution in [3.63, 3.8) is 0 Å². The van der Waals surface area contributed by atoms with E-state index in [9.17, 15) is 19.5 Å². The summed E-state index contributed by atoms with van der Waals surface area (Å²) in [5.41, 5.74) is 0. The van der Waals surface area contributed by atoms with Crippen molar-refractivity contribution in [3.05, 3.63) is 72.9 Å². The zero-order chi connectivity index (χ0) is 54.8. The second kappa shape index (κ2) is 56.9. The van der Waals surface area contributed by atoms with E-state index in [0.717, 1.165) is 89.9 Å². The van der Waals surface area contributed by atoms with Crippen molar-refractivity contribution in [1.82, 2.24) is 0 Å². The smallest absolute Gasteiger partial charge is 0.306 e. The first-order valence-electron chi connectivity index (χ1n) is 31.1. The van der Waals surface area contributed by atoms with Gasteiger partial charge < -0.3 is 33.3 Å². The summed E-state index contributed by atoms with van der Waals surface area (Å²) >= 11 is 0. The lowest BCUT2D eigenvalue weighted by molar-refractivity contribution is -0.870. The monoisotopic (exact) mass is 1050 g/mol. The summed E-state index contributed by atoms with van der Waals surface area (Å²) in [6.45, 7) is 4.63. The second-order valence-corrected chi connectivity index (χ2v) is 22.0. The summed E-state index contributed by atoms with van der Waals surface area (Å²) in [5.74, 6) is -2.30. The van der Waals surface area contributed by atoms with Crippen LogP contribution >= 0.6 is 0 Å². The van der Waals surface area contributed by atoms with Gasteiger partial charge in [0.15, 0.2) is 12.4 Å². The molecule has 0 rings (SSSR count). The number of carbonyl (C=O) groups excluding carboxylic acids is 3. The molecule has 0 fully saturated rings. The van der Waals surface area contributed by atoms with Crippen LogP contribution in [0.4, 0.5) is 0 Å². The van der Waals surface area contributed by atoms with Crippen molar-refractivity contribution in [3.8, 4) is 0 Å². The van der Waals surface area contributed by atoms with Gasteiger partial charge in [-0.1, -0.05) is 247 Å². The molecule has 2 atom stereocenters. The van der Waals surface area contributed by atoms with E-state index in [0.29, 0.717) is 17.4 Å². The number of likely N-dealkylation sites (N-methyl/N-ethyl adjacent to an activating group) is 1. The summed E-state index contributed by atoms with van der Waals surface area (Å²) in [4.78, 5) is 37.3. The van der Waals surface area contributed by atoms with Gasteiger partial charge in [0.05, 0.1) is 40.3 Å². The van der Waals surface area contributed by atoms with Crippen molar-refractivity contribution in [2.24, 2.45) is 0 Å². The maximum atomic E-state index is 12.9. The van der Waals surface area contributed by atoms with Crippen LogP contribution in [0.1, 0.15) is 271 Å². The van der Waals surface area contributed by atoms with E-state index in [1.54, 1.807) is 0 Å². The number of rotatable bonds is 57. The first kappa shape index (κ1) is 71.7. The van der Waals surface area contributed by atoms with Gasteiger partial charge in [-0.2, -0.15) is 0 Å². The molecule has 9 heteroatoms. The molecule has 0 aliphatic heterocycles. The lowest BCUT2D eigenvalue weighted by Gasteiger charge is -2.26. The van der Waals surface area contributed by atoms with Crippen LogP contribution in [-0.4, -0.2) is 82.3 Å². The number of quaternary nitrogens is 1. The van der Waals surface area contributed by atoms with Crippen LogP contribution in [-0.2, 0) is 33.3 Å². The molecule has 0 aromatic rings. The zero-order valence-corrected chi connectivity index (χ0v) is 49.4. The van der Waals surface area contributed by atoms with Gasteiger partial charge >= 0.3 is 11.9 Å². The highest BCUT2D eigenvalue weighted by atomic mass is 16.7. The third-order valence-electron chi connectivity index (χ3n) is 13.4. The van der Waals surface area contributed by atoms with E-state index in [1.807, 2.05) is 21.1 Å². The zero-order valence-electron chi connectivity index (χ0n) is 49.4. The van der Waals surface area contributed by atoms with Crippen molar-refractivity contribution in [1.29, 1.82) is 0 Å². The molecular formula is C66H117NO8. The standard InChI is InChI=1S/C66H117NO8/c1-6-8-10-12-14-16-18-20-22-24-26-27-28-29-30-31-32-33-34-35-36-37-39-40-42-44-46-48-50-52-54-56-63(68)73-60-62(61-74-66(65(70)71)72-59-58-67(3,4)5)75-64(69)57-55-53-51-49-47-45-43-41-38-25-23-21-19-17-15-13-11-9-7-2/h9,11,15,17-18,20-21,23-24,26,38,41,62,66H,6-8,10,12-14,16,19,22,25,27-37,39-40,42-61H2,1-5H3/b11-9-,17-15-,20-18-,23-21-,26-24-,41-38-. The molecule has 2 unspecified atom stereocenters. The fraction of sp³-hybridized carbons (Fsp3) is 0.773. The van der Waals surface area contributed by atoms with Gasteiger partial charge in [0.1, 0.15) is 13.2 Å². The molecule has 0 aromatic heterocycles. The van der Waals surface area contributed by atoms with Crippen molar-refractivity contribution >= 4 is 17.9 Å². The number of carboxylic acids is 1. The van der Waals surface area contributed by atoms with Gasteiger partial charge in [-0.15, -0.1) is 0 Å². The van der Waals surface area contributed by atoms with Crippen LogP contribution in [0.15, 0.2) is 72.9 Å². The summed E-state index contributed by atoms with van der Waals surface area (Å²) < 4.78 is 22.7. The molecule has 0 saturated carbocycles. The van der Waals surface area contributed by atoms with E-state index in [2.05, 4.69) is 86.8 Å². The van der Waals surface area contributed by atoms with E-state index >= 15 is 0 Å². The Bertz CT molecular complexity index is 1460. The third-order valence-corrected chi connectivity index (χ3v) is 13.4. The fourth-order valence-corrected chi connectivity index (χ4v) is 8.68. The Balaban J connectivity index is 4.13. The average molecular weight is 1050 g/mol. The minimum Gasteiger partial charge on any atom is -0.545 e. The molecule has 75 heavy (non-hydrogen) atoms. The van der Waals surface area contributed by atoms with E-state index in [1.165, 1.54) is 148 Å². The number of esters is 2. The highest BCUT2D eigenvalue weighted by Gasteiger charge is 2.22. The number of carbonyl (C=O) groups is 3. The first-order chi connectivity index (χ1) is 36.6. The fourth-order valence-electron chi connectivity index (χ4n) is 8.68. The molecule has 0 saturated heterocycles. The summed E-state index contributed by atoms with van der Waals surface area (Å²) in [6, 6.07) is 0. The molecule has 0 amide bonds. The predicted octanol–water partition coefficient (Wildman–Crippen LogP) is 17.2. The third kappa shape index (κ3) is 58.3. The number of nitrogens with zero attached hydrogens (tertiary/aromatic N) is 1. The van der Waals surface area contributed by atoms with Crippen LogP contribution in [0.5, 0.6) is 0 Å². The lowest BCUT2D eigenvalue weighted by Crippen LogP contribution is -2.44. The second-order valence-electron chi connectivity index (χ2n) is 22.0. The molecule has 0 spiro atoms. The number of unbranched alkanes of at least 4 members (excludes halogenated alkanes) is 30. The minimum atomic E-state index is -1.63. The molecule has 0 heterocycles. The highest BCUT2D eigenvalue weighted by Crippen LogP contribution is 2.17. The Morgan fingerprint density at radius 2 is 0.760 bits per heavy atom. The molecule has 9 nitrogen and oxygen atoms in total. The van der Waals surface area contributed by atoms with Crippen LogP contribution in [0, 0.1) is 0 Å². The molecule has 0 bridgehead atoms. The van der Waals surface area contributed by atoms with Gasteiger partial charge in [0.25, 0.3) is 0 Å². The number of aliphatic carboxylic acids is 1. The Kier molecular flexibility index (Phi) is 54.4. The van der Waals surface area contributed by atoms with Crippen molar-refractivity contribution in [2.45, 2.75) is 283 Å². The maximum Gasteiger partial charge on any atom is 0.306 e. The van der Waals surface area contributed by atoms with E-state index in [-0.39, 0.29) is 38.6 Å². The summed E-state index contributed by atoms with van der Waals surface area (Å²) in [7, 11) is 5.92. The van der Waals surface area contributed by atoms with Crippen molar-refractivity contribution in [2.75, 3.05) is 47.5 Å². The molecule has 0 radical (unpaired) electrons. The highest BCUT2D eigenvalue weighted by molar-refractivity contribution is 5.70. The molecule has 0 aliphatic rings. The van der Waals surface area contributed by atoms with Crippen LogP contribution < -0.4 is 5.11 Å². The largest absolute Gasteiger partial charge is 0.545 e. The molecule has 0 aromatic carbocycles.